The van der Waals surface area contributed by atoms with Crippen LogP contribution in [0.2, 0.25) is 0 Å². The second-order valence-corrected chi connectivity index (χ2v) is 4.30. The summed E-state index contributed by atoms with van der Waals surface area (Å²) in [6.07, 6.45) is 2.91. The maximum Gasteiger partial charge on any atom is 0.387 e. The van der Waals surface area contributed by atoms with Gasteiger partial charge in [-0.15, -0.1) is 0 Å². The molecule has 0 bridgehead atoms. The maximum absolute atomic E-state index is 12.0. The molecule has 2 aromatic rings. The highest BCUT2D eigenvalue weighted by atomic mass is 19.3. The fraction of sp³-hybridized carbons (Fsp3) is 0.357. The van der Waals surface area contributed by atoms with Crippen LogP contribution >= 0.6 is 0 Å². The van der Waals surface area contributed by atoms with Gasteiger partial charge in [0, 0.05) is 12.7 Å². The molecule has 0 atom stereocenters. The first-order valence-electron chi connectivity index (χ1n) is 6.49. The van der Waals surface area contributed by atoms with Crippen molar-refractivity contribution in [2.75, 3.05) is 6.54 Å². The SMILES string of the molecule is CCCNCc1ccn(-c2ccc(OC(F)F)cc2)n1. The third-order valence-electron chi connectivity index (χ3n) is 2.70. The molecule has 0 amide bonds. The van der Waals surface area contributed by atoms with E-state index in [0.717, 1.165) is 24.3 Å². The first kappa shape index (κ1) is 14.5. The first-order valence-corrected chi connectivity index (χ1v) is 6.49. The summed E-state index contributed by atoms with van der Waals surface area (Å²) in [5, 5.41) is 7.68. The van der Waals surface area contributed by atoms with Gasteiger partial charge < -0.3 is 10.1 Å². The fourth-order valence-corrected chi connectivity index (χ4v) is 1.77. The fourth-order valence-electron chi connectivity index (χ4n) is 1.77. The van der Waals surface area contributed by atoms with E-state index < -0.39 is 6.61 Å². The number of hydrogen-bond donors (Lipinski definition) is 1. The molecule has 1 aromatic carbocycles. The van der Waals surface area contributed by atoms with Gasteiger partial charge >= 0.3 is 6.61 Å². The Bertz CT molecular complexity index is 525. The van der Waals surface area contributed by atoms with Crippen LogP contribution in [0.5, 0.6) is 5.75 Å². The molecule has 6 heteroatoms. The maximum atomic E-state index is 12.0. The lowest BCUT2D eigenvalue weighted by Gasteiger charge is -2.06. The molecule has 1 N–H and O–H groups in total. The van der Waals surface area contributed by atoms with E-state index in [1.807, 2.05) is 12.3 Å². The minimum atomic E-state index is -2.80. The van der Waals surface area contributed by atoms with E-state index >= 15 is 0 Å². The molecule has 1 heterocycles. The number of ether oxygens (including phenoxy) is 1. The zero-order chi connectivity index (χ0) is 14.4. The zero-order valence-corrected chi connectivity index (χ0v) is 11.2. The van der Waals surface area contributed by atoms with Crippen molar-refractivity contribution in [3.63, 3.8) is 0 Å². The van der Waals surface area contributed by atoms with Crippen LogP contribution in [-0.4, -0.2) is 22.9 Å². The largest absolute Gasteiger partial charge is 0.435 e. The molecule has 108 valence electrons. The van der Waals surface area contributed by atoms with E-state index in [-0.39, 0.29) is 5.75 Å². The highest BCUT2D eigenvalue weighted by Crippen LogP contribution is 2.17. The summed E-state index contributed by atoms with van der Waals surface area (Å²) in [4.78, 5) is 0. The molecular formula is C14H17F2N3O. The van der Waals surface area contributed by atoms with E-state index in [2.05, 4.69) is 22.1 Å². The van der Waals surface area contributed by atoms with Gasteiger partial charge in [-0.2, -0.15) is 13.9 Å². The van der Waals surface area contributed by atoms with Gasteiger partial charge in [0.05, 0.1) is 11.4 Å². The second-order valence-electron chi connectivity index (χ2n) is 4.30. The van der Waals surface area contributed by atoms with E-state index in [1.165, 1.54) is 12.1 Å². The molecule has 0 saturated carbocycles. The minimum Gasteiger partial charge on any atom is -0.435 e. The molecule has 0 saturated heterocycles. The van der Waals surface area contributed by atoms with Crippen molar-refractivity contribution in [2.45, 2.75) is 26.5 Å². The van der Waals surface area contributed by atoms with Crippen molar-refractivity contribution in [3.05, 3.63) is 42.2 Å². The Kier molecular flexibility index (Phi) is 5.06. The molecule has 0 aliphatic heterocycles. The predicted molar refractivity (Wildman–Crippen MR) is 72.2 cm³/mol. The van der Waals surface area contributed by atoms with Crippen LogP contribution in [0.4, 0.5) is 8.78 Å². The van der Waals surface area contributed by atoms with Gasteiger partial charge in [-0.05, 0) is 43.3 Å². The zero-order valence-electron chi connectivity index (χ0n) is 11.2. The molecule has 0 radical (unpaired) electrons. The van der Waals surface area contributed by atoms with Crippen molar-refractivity contribution in [1.82, 2.24) is 15.1 Å². The summed E-state index contributed by atoms with van der Waals surface area (Å²) < 4.78 is 30.1. The molecule has 2 rings (SSSR count). The van der Waals surface area contributed by atoms with Crippen molar-refractivity contribution < 1.29 is 13.5 Å². The minimum absolute atomic E-state index is 0.140. The van der Waals surface area contributed by atoms with Gasteiger partial charge in [0.2, 0.25) is 0 Å². The van der Waals surface area contributed by atoms with E-state index in [4.69, 9.17) is 0 Å². The highest BCUT2D eigenvalue weighted by Gasteiger charge is 2.05. The molecule has 0 aliphatic rings. The number of hydrogen-bond acceptors (Lipinski definition) is 3. The van der Waals surface area contributed by atoms with Gasteiger partial charge in [-0.3, -0.25) is 0 Å². The van der Waals surface area contributed by atoms with Crippen molar-refractivity contribution >= 4 is 0 Å². The van der Waals surface area contributed by atoms with Crippen LogP contribution in [-0.2, 0) is 6.54 Å². The van der Waals surface area contributed by atoms with Crippen molar-refractivity contribution in [1.29, 1.82) is 0 Å². The number of aromatic nitrogens is 2. The smallest absolute Gasteiger partial charge is 0.387 e. The summed E-state index contributed by atoms with van der Waals surface area (Å²) in [5.41, 5.74) is 1.74. The van der Waals surface area contributed by atoms with Crippen molar-refractivity contribution in [3.8, 4) is 11.4 Å². The molecule has 1 aromatic heterocycles. The summed E-state index contributed by atoms with van der Waals surface area (Å²) in [6.45, 7) is 0.968. The van der Waals surface area contributed by atoms with Crippen LogP contribution in [0.15, 0.2) is 36.5 Å². The normalized spacial score (nSPS) is 11.0. The Balaban J connectivity index is 2.00. The van der Waals surface area contributed by atoms with Gasteiger partial charge in [-0.1, -0.05) is 6.92 Å². The number of nitrogens with one attached hydrogen (secondary N) is 1. The van der Waals surface area contributed by atoms with Crippen LogP contribution in [0.3, 0.4) is 0 Å². The number of rotatable bonds is 7. The molecule has 20 heavy (non-hydrogen) atoms. The van der Waals surface area contributed by atoms with Crippen LogP contribution in [0.25, 0.3) is 5.69 Å². The average molecular weight is 281 g/mol. The Morgan fingerprint density at radius 2 is 2.00 bits per heavy atom. The number of nitrogens with zero attached hydrogens (tertiary/aromatic N) is 2. The summed E-state index contributed by atoms with van der Waals surface area (Å²) in [5.74, 6) is 0.140. The molecular weight excluding hydrogens is 264 g/mol. The average Bonchev–Trinajstić information content (AvgIpc) is 2.88. The van der Waals surface area contributed by atoms with Gasteiger partial charge in [-0.25, -0.2) is 4.68 Å². The third-order valence-corrected chi connectivity index (χ3v) is 2.70. The van der Waals surface area contributed by atoms with E-state index in [0.29, 0.717) is 6.54 Å². The van der Waals surface area contributed by atoms with E-state index in [1.54, 1.807) is 16.8 Å². The van der Waals surface area contributed by atoms with Crippen LogP contribution in [0, 0.1) is 0 Å². The molecule has 0 aliphatic carbocycles. The quantitative estimate of drug-likeness (QED) is 0.793. The van der Waals surface area contributed by atoms with Crippen LogP contribution in [0.1, 0.15) is 19.0 Å². The predicted octanol–water partition coefficient (Wildman–Crippen LogP) is 2.97. The standard InChI is InChI=1S/C14H17F2N3O/c1-2-8-17-10-11-7-9-19(18-11)12-3-5-13(6-4-12)20-14(15)16/h3-7,9,14,17H,2,8,10H2,1H3. The Morgan fingerprint density at radius 1 is 1.25 bits per heavy atom. The summed E-state index contributed by atoms with van der Waals surface area (Å²) in [6, 6.07) is 8.30. The van der Waals surface area contributed by atoms with Crippen LogP contribution < -0.4 is 10.1 Å². The monoisotopic (exact) mass is 281 g/mol. The second kappa shape index (κ2) is 7.00. The Labute approximate surface area is 116 Å². The molecule has 0 unspecified atom stereocenters. The van der Waals surface area contributed by atoms with Crippen molar-refractivity contribution in [2.24, 2.45) is 0 Å². The molecule has 4 nitrogen and oxygen atoms in total. The summed E-state index contributed by atoms with van der Waals surface area (Å²) >= 11 is 0. The number of benzene rings is 1. The molecule has 0 spiro atoms. The summed E-state index contributed by atoms with van der Waals surface area (Å²) in [7, 11) is 0. The number of halogens is 2. The lowest BCUT2D eigenvalue weighted by Crippen LogP contribution is -2.14. The lowest BCUT2D eigenvalue weighted by molar-refractivity contribution is -0.0498. The molecule has 0 fully saturated rings. The lowest BCUT2D eigenvalue weighted by atomic mass is 10.3. The Hall–Kier alpha value is -1.95. The number of alkyl halides is 2. The first-order chi connectivity index (χ1) is 9.69. The van der Waals surface area contributed by atoms with Gasteiger partial charge in [0.1, 0.15) is 5.75 Å². The van der Waals surface area contributed by atoms with Gasteiger partial charge in [0.25, 0.3) is 0 Å². The highest BCUT2D eigenvalue weighted by molar-refractivity contribution is 5.36. The third kappa shape index (κ3) is 4.03. The van der Waals surface area contributed by atoms with Gasteiger partial charge in [0.15, 0.2) is 0 Å². The van der Waals surface area contributed by atoms with E-state index in [9.17, 15) is 8.78 Å². The topological polar surface area (TPSA) is 39.1 Å². The Morgan fingerprint density at radius 3 is 2.65 bits per heavy atom.